The summed E-state index contributed by atoms with van der Waals surface area (Å²) < 4.78 is 5.58. The third-order valence-electron chi connectivity index (χ3n) is 4.18. The Morgan fingerprint density at radius 3 is 2.90 bits per heavy atom. The van der Waals surface area contributed by atoms with Gasteiger partial charge in [-0.3, -0.25) is 0 Å². The van der Waals surface area contributed by atoms with Gasteiger partial charge in [-0.1, -0.05) is 31.5 Å². The van der Waals surface area contributed by atoms with Crippen LogP contribution < -0.4 is 10.2 Å². The molecule has 2 unspecified atom stereocenters. The monoisotopic (exact) mass is 310 g/mol. The Morgan fingerprint density at radius 1 is 1.43 bits per heavy atom. The molecule has 1 aromatic rings. The second kappa shape index (κ2) is 8.02. The maximum atomic E-state index is 6.55. The van der Waals surface area contributed by atoms with Crippen LogP contribution in [0, 0.1) is 0 Å². The fraction of sp³-hybridized carbons (Fsp3) is 0.647. The lowest BCUT2D eigenvalue weighted by Gasteiger charge is -2.37. The minimum atomic E-state index is 0.336. The molecule has 1 aromatic carbocycles. The number of halogens is 1. The molecule has 0 spiro atoms. The highest BCUT2D eigenvalue weighted by Gasteiger charge is 2.23. The first-order chi connectivity index (χ1) is 10.2. The Morgan fingerprint density at radius 2 is 2.24 bits per heavy atom. The number of nitrogens with zero attached hydrogens (tertiary/aromatic N) is 1. The van der Waals surface area contributed by atoms with Gasteiger partial charge in [-0.25, -0.2) is 0 Å². The van der Waals surface area contributed by atoms with E-state index >= 15 is 0 Å². The normalized spacial score (nSPS) is 20.6. The van der Waals surface area contributed by atoms with Gasteiger partial charge >= 0.3 is 0 Å². The lowest BCUT2D eigenvalue weighted by molar-refractivity contribution is 0.0930. The predicted molar refractivity (Wildman–Crippen MR) is 90.4 cm³/mol. The summed E-state index contributed by atoms with van der Waals surface area (Å²) in [6.07, 6.45) is 2.22. The summed E-state index contributed by atoms with van der Waals surface area (Å²) in [5.41, 5.74) is 2.39. The lowest BCUT2D eigenvalue weighted by atomic mass is 10.1. The van der Waals surface area contributed by atoms with Gasteiger partial charge in [0.05, 0.1) is 30.0 Å². The van der Waals surface area contributed by atoms with Crippen molar-refractivity contribution in [1.29, 1.82) is 0 Å². The highest BCUT2D eigenvalue weighted by atomic mass is 35.5. The van der Waals surface area contributed by atoms with Crippen molar-refractivity contribution in [3.05, 3.63) is 28.8 Å². The first-order valence-corrected chi connectivity index (χ1v) is 8.42. The first-order valence-electron chi connectivity index (χ1n) is 8.04. The molecule has 0 bridgehead atoms. The highest BCUT2D eigenvalue weighted by molar-refractivity contribution is 6.33. The van der Waals surface area contributed by atoms with Crippen molar-refractivity contribution in [2.45, 2.75) is 45.7 Å². The second-order valence-corrected chi connectivity index (χ2v) is 6.12. The van der Waals surface area contributed by atoms with E-state index in [0.29, 0.717) is 12.1 Å². The second-order valence-electron chi connectivity index (χ2n) is 5.72. The predicted octanol–water partition coefficient (Wildman–Crippen LogP) is 4.02. The maximum Gasteiger partial charge on any atom is 0.0670 e. The number of hydrogen-bond donors (Lipinski definition) is 1. The number of morpholine rings is 1. The third-order valence-corrected chi connectivity index (χ3v) is 4.48. The van der Waals surface area contributed by atoms with Crippen LogP contribution in [0.1, 0.15) is 45.2 Å². The molecular formula is C17H27ClN2O. The molecule has 2 atom stereocenters. The van der Waals surface area contributed by atoms with E-state index in [2.05, 4.69) is 49.2 Å². The summed E-state index contributed by atoms with van der Waals surface area (Å²) in [4.78, 5) is 2.39. The fourth-order valence-corrected chi connectivity index (χ4v) is 3.11. The van der Waals surface area contributed by atoms with Crippen molar-refractivity contribution in [1.82, 2.24) is 5.32 Å². The van der Waals surface area contributed by atoms with Crippen molar-refractivity contribution in [3.63, 3.8) is 0 Å². The molecule has 1 fully saturated rings. The van der Waals surface area contributed by atoms with Crippen LogP contribution in [0.5, 0.6) is 0 Å². The average molecular weight is 311 g/mol. The molecule has 0 aliphatic carbocycles. The zero-order valence-electron chi connectivity index (χ0n) is 13.4. The summed E-state index contributed by atoms with van der Waals surface area (Å²) in [6, 6.07) is 7.22. The molecule has 2 rings (SSSR count). The minimum absolute atomic E-state index is 0.336. The maximum absolute atomic E-state index is 6.55. The summed E-state index contributed by atoms with van der Waals surface area (Å²) >= 11 is 6.55. The first kappa shape index (κ1) is 16.6. The topological polar surface area (TPSA) is 24.5 Å². The van der Waals surface area contributed by atoms with Gasteiger partial charge in [-0.15, -0.1) is 0 Å². The van der Waals surface area contributed by atoms with E-state index in [4.69, 9.17) is 16.3 Å². The zero-order chi connectivity index (χ0) is 15.2. The number of ether oxygens (including phenoxy) is 1. The van der Waals surface area contributed by atoms with Crippen molar-refractivity contribution >= 4 is 17.3 Å². The summed E-state index contributed by atoms with van der Waals surface area (Å²) in [6.45, 7) is 10.1. The molecule has 1 N–H and O–H groups in total. The van der Waals surface area contributed by atoms with Gasteiger partial charge in [0.2, 0.25) is 0 Å². The third kappa shape index (κ3) is 4.12. The Bertz CT molecular complexity index is 452. The molecule has 1 aliphatic rings. The number of hydrogen-bond acceptors (Lipinski definition) is 3. The van der Waals surface area contributed by atoms with Gasteiger partial charge in [0, 0.05) is 12.6 Å². The number of rotatable bonds is 6. The summed E-state index contributed by atoms with van der Waals surface area (Å²) in [5, 5.41) is 4.35. The SMILES string of the molecule is CCCNC(C)c1ccc(N2CCOCC2CC)c(Cl)c1. The van der Waals surface area contributed by atoms with Crippen LogP contribution in [0.2, 0.25) is 5.02 Å². The van der Waals surface area contributed by atoms with Gasteiger partial charge < -0.3 is 15.0 Å². The van der Waals surface area contributed by atoms with E-state index in [1.807, 2.05) is 0 Å². The molecule has 0 aromatic heterocycles. The Balaban J connectivity index is 2.14. The molecule has 0 radical (unpaired) electrons. The van der Waals surface area contributed by atoms with E-state index in [9.17, 15) is 0 Å². The van der Waals surface area contributed by atoms with Crippen molar-refractivity contribution in [2.75, 3.05) is 31.2 Å². The van der Waals surface area contributed by atoms with Crippen LogP contribution in [0.3, 0.4) is 0 Å². The van der Waals surface area contributed by atoms with Crippen molar-refractivity contribution in [2.24, 2.45) is 0 Å². The van der Waals surface area contributed by atoms with Gasteiger partial charge in [0.25, 0.3) is 0 Å². The van der Waals surface area contributed by atoms with Crippen LogP contribution in [-0.2, 0) is 4.74 Å². The smallest absolute Gasteiger partial charge is 0.0670 e. The zero-order valence-corrected chi connectivity index (χ0v) is 14.1. The van der Waals surface area contributed by atoms with Crippen LogP contribution in [-0.4, -0.2) is 32.3 Å². The minimum Gasteiger partial charge on any atom is -0.377 e. The molecular weight excluding hydrogens is 284 g/mol. The fourth-order valence-electron chi connectivity index (χ4n) is 2.81. The molecule has 0 saturated carbocycles. The summed E-state index contributed by atoms with van der Waals surface area (Å²) in [5.74, 6) is 0. The van der Waals surface area contributed by atoms with E-state index in [1.165, 1.54) is 5.56 Å². The van der Waals surface area contributed by atoms with Crippen molar-refractivity contribution < 1.29 is 4.74 Å². The molecule has 0 amide bonds. The largest absolute Gasteiger partial charge is 0.377 e. The number of nitrogens with one attached hydrogen (secondary N) is 1. The quantitative estimate of drug-likeness (QED) is 0.859. The van der Waals surface area contributed by atoms with Crippen molar-refractivity contribution in [3.8, 4) is 0 Å². The van der Waals surface area contributed by atoms with Gasteiger partial charge in [0.15, 0.2) is 0 Å². The van der Waals surface area contributed by atoms with Gasteiger partial charge in [-0.05, 0) is 44.0 Å². The van der Waals surface area contributed by atoms with Crippen LogP contribution in [0.25, 0.3) is 0 Å². The van der Waals surface area contributed by atoms with Crippen LogP contribution >= 0.6 is 11.6 Å². The lowest BCUT2D eigenvalue weighted by Crippen LogP contribution is -2.45. The van der Waals surface area contributed by atoms with E-state index in [1.54, 1.807) is 0 Å². The Hall–Kier alpha value is -0.770. The molecule has 21 heavy (non-hydrogen) atoms. The number of anilines is 1. The van der Waals surface area contributed by atoms with E-state index in [0.717, 1.165) is 49.9 Å². The van der Waals surface area contributed by atoms with Crippen LogP contribution in [0.4, 0.5) is 5.69 Å². The van der Waals surface area contributed by atoms with Gasteiger partial charge in [-0.2, -0.15) is 0 Å². The van der Waals surface area contributed by atoms with Crippen LogP contribution in [0.15, 0.2) is 18.2 Å². The average Bonchev–Trinajstić information content (AvgIpc) is 2.52. The molecule has 118 valence electrons. The molecule has 4 heteroatoms. The van der Waals surface area contributed by atoms with E-state index in [-0.39, 0.29) is 0 Å². The molecule has 1 saturated heterocycles. The molecule has 1 aliphatic heterocycles. The van der Waals surface area contributed by atoms with Gasteiger partial charge in [0.1, 0.15) is 0 Å². The summed E-state index contributed by atoms with van der Waals surface area (Å²) in [7, 11) is 0. The number of benzene rings is 1. The highest BCUT2D eigenvalue weighted by Crippen LogP contribution is 2.31. The van der Waals surface area contributed by atoms with E-state index < -0.39 is 0 Å². The Kier molecular flexibility index (Phi) is 6.34. The molecule has 3 nitrogen and oxygen atoms in total. The Labute approximate surface area is 133 Å². The molecule has 1 heterocycles. The standard InChI is InChI=1S/C17H27ClN2O/c1-4-8-19-13(3)14-6-7-17(16(18)11-14)20-9-10-21-12-15(20)5-2/h6-7,11,13,15,19H,4-5,8-10,12H2,1-3H3.